The van der Waals surface area contributed by atoms with E-state index in [1.807, 2.05) is 12.4 Å². The number of piperidine rings is 1. The molecule has 0 bridgehead atoms. The Morgan fingerprint density at radius 3 is 2.56 bits per heavy atom. The van der Waals surface area contributed by atoms with Crippen molar-refractivity contribution in [1.82, 2.24) is 15.2 Å². The molecule has 0 radical (unpaired) electrons. The van der Waals surface area contributed by atoms with Crippen LogP contribution in [0.4, 0.5) is 0 Å². The molecule has 4 rings (SSSR count). The number of nitrogens with zero attached hydrogens (tertiary/aromatic N) is 2. The summed E-state index contributed by atoms with van der Waals surface area (Å²) in [7, 11) is 0. The number of likely N-dealkylation sites (tertiary alicyclic amines) is 1. The van der Waals surface area contributed by atoms with E-state index < -0.39 is 0 Å². The van der Waals surface area contributed by atoms with Gasteiger partial charge in [-0.2, -0.15) is 0 Å². The van der Waals surface area contributed by atoms with Crippen molar-refractivity contribution in [3.05, 3.63) is 30.1 Å². The summed E-state index contributed by atoms with van der Waals surface area (Å²) in [6.45, 7) is 8.73. The van der Waals surface area contributed by atoms with Gasteiger partial charge in [-0.15, -0.1) is 0 Å². The molecule has 2 heterocycles. The van der Waals surface area contributed by atoms with E-state index in [9.17, 15) is 0 Å². The van der Waals surface area contributed by atoms with E-state index in [4.69, 9.17) is 0 Å². The molecule has 1 saturated heterocycles. The highest BCUT2D eigenvalue weighted by Crippen LogP contribution is 2.57. The number of fused-ring (bicyclic) bond motifs is 1. The minimum absolute atomic E-state index is 0.517. The number of aromatic nitrogens is 1. The summed E-state index contributed by atoms with van der Waals surface area (Å²) in [6, 6.07) is 5.80. The smallest absolute Gasteiger partial charge is 0.0270 e. The van der Waals surface area contributed by atoms with Crippen LogP contribution in [0.2, 0.25) is 0 Å². The summed E-state index contributed by atoms with van der Waals surface area (Å²) in [5, 5.41) is 4.10. The Morgan fingerprint density at radius 2 is 1.80 bits per heavy atom. The highest BCUT2D eigenvalue weighted by molar-refractivity contribution is 5.11. The molecule has 1 N–H and O–H groups in total. The molecule has 3 heteroatoms. The Kier molecular flexibility index (Phi) is 5.15. The van der Waals surface area contributed by atoms with Crippen molar-refractivity contribution in [2.45, 2.75) is 70.9 Å². The molecule has 0 aromatic carbocycles. The van der Waals surface area contributed by atoms with Crippen LogP contribution >= 0.6 is 0 Å². The van der Waals surface area contributed by atoms with Crippen LogP contribution < -0.4 is 5.32 Å². The Morgan fingerprint density at radius 1 is 1.08 bits per heavy atom. The Bertz CT molecular complexity index is 548. The lowest BCUT2D eigenvalue weighted by Crippen LogP contribution is -2.67. The summed E-state index contributed by atoms with van der Waals surface area (Å²) in [5.74, 6) is 1.95. The lowest BCUT2D eigenvalue weighted by atomic mass is 9.47. The summed E-state index contributed by atoms with van der Waals surface area (Å²) < 4.78 is 0. The van der Waals surface area contributed by atoms with Crippen molar-refractivity contribution in [3.8, 4) is 0 Å². The molecule has 3 atom stereocenters. The molecular formula is C22H35N3. The minimum atomic E-state index is 0.517. The molecule has 3 fully saturated rings. The average molecular weight is 342 g/mol. The topological polar surface area (TPSA) is 28.2 Å². The first-order valence-corrected chi connectivity index (χ1v) is 10.5. The summed E-state index contributed by atoms with van der Waals surface area (Å²) in [6.07, 6.45) is 13.5. The van der Waals surface area contributed by atoms with Crippen molar-refractivity contribution in [2.24, 2.45) is 17.3 Å². The quantitative estimate of drug-likeness (QED) is 0.880. The fraction of sp³-hybridized carbons (Fsp3) is 0.773. The molecule has 1 aliphatic heterocycles. The van der Waals surface area contributed by atoms with Crippen molar-refractivity contribution < 1.29 is 0 Å². The van der Waals surface area contributed by atoms with Gasteiger partial charge in [-0.05, 0) is 80.1 Å². The van der Waals surface area contributed by atoms with Gasteiger partial charge in [0.25, 0.3) is 0 Å². The first-order chi connectivity index (χ1) is 12.1. The van der Waals surface area contributed by atoms with E-state index in [0.29, 0.717) is 5.41 Å². The Balaban J connectivity index is 1.22. The summed E-state index contributed by atoms with van der Waals surface area (Å²) in [5.41, 5.74) is 1.93. The monoisotopic (exact) mass is 341 g/mol. The molecule has 3 aliphatic rings. The molecule has 3 nitrogen and oxygen atoms in total. The highest BCUT2D eigenvalue weighted by atomic mass is 15.1. The second kappa shape index (κ2) is 7.36. The van der Waals surface area contributed by atoms with Crippen LogP contribution in [0.5, 0.6) is 0 Å². The number of hydrogen-bond donors (Lipinski definition) is 1. The fourth-order valence-electron chi connectivity index (χ4n) is 5.90. The van der Waals surface area contributed by atoms with Crippen LogP contribution in [-0.4, -0.2) is 41.6 Å². The molecular weight excluding hydrogens is 306 g/mol. The van der Waals surface area contributed by atoms with Crippen LogP contribution in [0.25, 0.3) is 0 Å². The lowest BCUT2D eigenvalue weighted by molar-refractivity contribution is -0.0939. The second-order valence-electron chi connectivity index (χ2n) is 9.24. The second-order valence-corrected chi connectivity index (χ2v) is 9.24. The maximum absolute atomic E-state index is 4.11. The standard InChI is InChI=1S/C22H35N3/c1-22(2)20-6-4-3-5-19(20)21(22)24-18-10-15-25(16-11-18)14-9-17-7-12-23-13-8-17/h7-8,12-13,18-21,24H,3-6,9-11,14-16H2,1-2H3/t19-,20+,21+/m1/s1. The molecule has 25 heavy (non-hydrogen) atoms. The molecule has 1 aromatic heterocycles. The summed E-state index contributed by atoms with van der Waals surface area (Å²) >= 11 is 0. The number of hydrogen-bond acceptors (Lipinski definition) is 3. The van der Waals surface area contributed by atoms with E-state index in [0.717, 1.165) is 30.3 Å². The van der Waals surface area contributed by atoms with E-state index in [1.165, 1.54) is 63.7 Å². The first kappa shape index (κ1) is 17.5. The largest absolute Gasteiger partial charge is 0.310 e. The third-order valence-electron chi connectivity index (χ3n) is 7.47. The van der Waals surface area contributed by atoms with Crippen molar-refractivity contribution in [2.75, 3.05) is 19.6 Å². The predicted octanol–water partition coefficient (Wildman–Crippen LogP) is 3.89. The van der Waals surface area contributed by atoms with Gasteiger partial charge in [0.1, 0.15) is 0 Å². The zero-order valence-corrected chi connectivity index (χ0v) is 16.1. The van der Waals surface area contributed by atoms with Gasteiger partial charge < -0.3 is 10.2 Å². The molecule has 0 spiro atoms. The van der Waals surface area contributed by atoms with E-state index in [2.05, 4.69) is 41.2 Å². The molecule has 0 unspecified atom stereocenters. The SMILES string of the molecule is CC1(C)[C@H]2CCCC[C@H]2[C@@H]1NC1CCN(CCc2ccncc2)CC1. The molecule has 2 aliphatic carbocycles. The first-order valence-electron chi connectivity index (χ1n) is 10.5. The summed E-state index contributed by atoms with van der Waals surface area (Å²) in [4.78, 5) is 6.76. The van der Waals surface area contributed by atoms with Crippen LogP contribution in [0.15, 0.2) is 24.5 Å². The van der Waals surface area contributed by atoms with E-state index in [1.54, 1.807) is 0 Å². The van der Waals surface area contributed by atoms with Gasteiger partial charge in [0.05, 0.1) is 0 Å². The minimum Gasteiger partial charge on any atom is -0.310 e. The van der Waals surface area contributed by atoms with Crippen LogP contribution in [0.1, 0.15) is 57.9 Å². The molecule has 0 amide bonds. The normalized spacial score (nSPS) is 32.8. The van der Waals surface area contributed by atoms with Gasteiger partial charge in [0.15, 0.2) is 0 Å². The van der Waals surface area contributed by atoms with Gasteiger partial charge in [0.2, 0.25) is 0 Å². The van der Waals surface area contributed by atoms with Crippen LogP contribution in [-0.2, 0) is 6.42 Å². The van der Waals surface area contributed by atoms with Crippen LogP contribution in [0, 0.1) is 17.3 Å². The number of rotatable bonds is 5. The Hall–Kier alpha value is -0.930. The molecule has 2 saturated carbocycles. The van der Waals surface area contributed by atoms with Gasteiger partial charge >= 0.3 is 0 Å². The maximum Gasteiger partial charge on any atom is 0.0270 e. The highest BCUT2D eigenvalue weighted by Gasteiger charge is 2.56. The number of nitrogens with one attached hydrogen (secondary N) is 1. The van der Waals surface area contributed by atoms with Gasteiger partial charge in [-0.25, -0.2) is 0 Å². The molecule has 1 aromatic rings. The van der Waals surface area contributed by atoms with Gasteiger partial charge in [-0.1, -0.05) is 26.7 Å². The van der Waals surface area contributed by atoms with E-state index >= 15 is 0 Å². The fourth-order valence-corrected chi connectivity index (χ4v) is 5.90. The van der Waals surface area contributed by atoms with Crippen molar-refractivity contribution >= 4 is 0 Å². The predicted molar refractivity (Wildman–Crippen MR) is 104 cm³/mol. The van der Waals surface area contributed by atoms with Crippen molar-refractivity contribution in [3.63, 3.8) is 0 Å². The maximum atomic E-state index is 4.11. The number of pyridine rings is 1. The zero-order valence-electron chi connectivity index (χ0n) is 16.1. The third kappa shape index (κ3) is 3.64. The van der Waals surface area contributed by atoms with Gasteiger partial charge in [-0.3, -0.25) is 4.98 Å². The third-order valence-corrected chi connectivity index (χ3v) is 7.47. The van der Waals surface area contributed by atoms with E-state index in [-0.39, 0.29) is 0 Å². The molecule has 138 valence electrons. The zero-order chi connectivity index (χ0) is 17.3. The van der Waals surface area contributed by atoms with Crippen LogP contribution in [0.3, 0.4) is 0 Å². The van der Waals surface area contributed by atoms with Gasteiger partial charge in [0, 0.05) is 31.0 Å². The van der Waals surface area contributed by atoms with Crippen molar-refractivity contribution in [1.29, 1.82) is 0 Å². The lowest BCUT2D eigenvalue weighted by Gasteiger charge is -2.62. The average Bonchev–Trinajstić information content (AvgIpc) is 2.66. The Labute approximate surface area is 153 Å².